The molecule has 0 atom stereocenters. The molecule has 2 aromatic heterocycles. The number of nitrogens with zero attached hydrogens (tertiary/aromatic N) is 3. The Morgan fingerprint density at radius 3 is 2.85 bits per heavy atom. The number of anilines is 1. The Bertz CT molecular complexity index is 966. The van der Waals surface area contributed by atoms with E-state index in [0.29, 0.717) is 17.1 Å². The van der Waals surface area contributed by atoms with E-state index in [0.717, 1.165) is 30.1 Å². The molecule has 27 heavy (non-hydrogen) atoms. The standard InChI is InChI=1S/C20H20N4O3/c1-24-10-9-14-5-8-17(22-19(14)24)20(25)21-12-15-11-18(27-23-15)13-3-6-16(26-2)7-4-13/h3-8,11H,9-10,12H2,1-2H3,(H,21,25). The van der Waals surface area contributed by atoms with Crippen molar-refractivity contribution in [1.82, 2.24) is 15.5 Å². The summed E-state index contributed by atoms with van der Waals surface area (Å²) in [5, 5.41) is 6.86. The summed E-state index contributed by atoms with van der Waals surface area (Å²) < 4.78 is 10.5. The van der Waals surface area contributed by atoms with Gasteiger partial charge in [0.15, 0.2) is 5.76 Å². The molecule has 3 heterocycles. The molecule has 0 aliphatic carbocycles. The third kappa shape index (κ3) is 3.48. The normalized spacial score (nSPS) is 12.7. The number of hydrogen-bond donors (Lipinski definition) is 1. The molecule has 0 saturated carbocycles. The summed E-state index contributed by atoms with van der Waals surface area (Å²) in [5.41, 5.74) is 3.12. The fourth-order valence-electron chi connectivity index (χ4n) is 3.07. The number of ether oxygens (including phenoxy) is 1. The molecule has 0 radical (unpaired) electrons. The minimum absolute atomic E-state index is 0.230. The Hall–Kier alpha value is -3.35. The number of carbonyl (C=O) groups excluding carboxylic acids is 1. The van der Waals surface area contributed by atoms with Crippen LogP contribution in [-0.2, 0) is 13.0 Å². The summed E-state index contributed by atoms with van der Waals surface area (Å²) in [6, 6.07) is 13.1. The summed E-state index contributed by atoms with van der Waals surface area (Å²) in [6.07, 6.45) is 0.966. The lowest BCUT2D eigenvalue weighted by Gasteiger charge is -2.11. The van der Waals surface area contributed by atoms with Crippen molar-refractivity contribution in [3.8, 4) is 17.1 Å². The topological polar surface area (TPSA) is 80.5 Å². The van der Waals surface area contributed by atoms with E-state index >= 15 is 0 Å². The van der Waals surface area contributed by atoms with E-state index in [-0.39, 0.29) is 12.5 Å². The summed E-state index contributed by atoms with van der Waals surface area (Å²) in [5.74, 6) is 2.07. The highest BCUT2D eigenvalue weighted by Gasteiger charge is 2.19. The van der Waals surface area contributed by atoms with Crippen LogP contribution in [0.15, 0.2) is 47.0 Å². The summed E-state index contributed by atoms with van der Waals surface area (Å²) in [4.78, 5) is 18.9. The van der Waals surface area contributed by atoms with E-state index in [1.165, 1.54) is 5.56 Å². The van der Waals surface area contributed by atoms with Gasteiger partial charge in [-0.1, -0.05) is 11.2 Å². The van der Waals surface area contributed by atoms with Gasteiger partial charge in [0.05, 0.1) is 13.7 Å². The summed E-state index contributed by atoms with van der Waals surface area (Å²) in [6.45, 7) is 1.20. The predicted molar refractivity (Wildman–Crippen MR) is 101 cm³/mol. The number of hydrogen-bond acceptors (Lipinski definition) is 6. The first-order valence-corrected chi connectivity index (χ1v) is 8.73. The maximum absolute atomic E-state index is 12.4. The van der Waals surface area contributed by atoms with Crippen molar-refractivity contribution in [1.29, 1.82) is 0 Å². The van der Waals surface area contributed by atoms with Gasteiger partial charge in [0, 0.05) is 25.2 Å². The lowest BCUT2D eigenvalue weighted by atomic mass is 10.1. The number of likely N-dealkylation sites (N-methyl/N-ethyl adjacent to an activating group) is 1. The van der Waals surface area contributed by atoms with Gasteiger partial charge in [0.25, 0.3) is 5.91 Å². The van der Waals surface area contributed by atoms with Crippen LogP contribution in [0.25, 0.3) is 11.3 Å². The molecule has 138 valence electrons. The SMILES string of the molecule is COc1ccc(-c2cc(CNC(=O)c3ccc4c(n3)N(C)CC4)no2)cc1. The maximum Gasteiger partial charge on any atom is 0.270 e. The van der Waals surface area contributed by atoms with E-state index in [9.17, 15) is 4.79 Å². The number of nitrogens with one attached hydrogen (secondary N) is 1. The number of amides is 1. The van der Waals surface area contributed by atoms with Gasteiger partial charge in [0.1, 0.15) is 23.0 Å². The molecule has 3 aromatic rings. The van der Waals surface area contributed by atoms with Crippen molar-refractivity contribution in [2.45, 2.75) is 13.0 Å². The van der Waals surface area contributed by atoms with Crippen LogP contribution in [0.5, 0.6) is 5.75 Å². The van der Waals surface area contributed by atoms with Crippen LogP contribution in [0.4, 0.5) is 5.82 Å². The van der Waals surface area contributed by atoms with Crippen molar-refractivity contribution in [2.75, 3.05) is 25.6 Å². The second kappa shape index (κ2) is 7.11. The Kier molecular flexibility index (Phi) is 4.50. The molecule has 4 rings (SSSR count). The Morgan fingerprint density at radius 1 is 1.26 bits per heavy atom. The van der Waals surface area contributed by atoms with Gasteiger partial charge >= 0.3 is 0 Å². The zero-order valence-corrected chi connectivity index (χ0v) is 15.2. The van der Waals surface area contributed by atoms with Gasteiger partial charge in [0.2, 0.25) is 0 Å². The van der Waals surface area contributed by atoms with Crippen LogP contribution in [0.2, 0.25) is 0 Å². The molecule has 1 N–H and O–H groups in total. The van der Waals surface area contributed by atoms with Crippen molar-refractivity contribution < 1.29 is 14.1 Å². The summed E-state index contributed by atoms with van der Waals surface area (Å²) in [7, 11) is 3.61. The van der Waals surface area contributed by atoms with Gasteiger partial charge in [-0.3, -0.25) is 4.79 Å². The summed E-state index contributed by atoms with van der Waals surface area (Å²) >= 11 is 0. The van der Waals surface area contributed by atoms with Crippen LogP contribution >= 0.6 is 0 Å². The first-order chi connectivity index (χ1) is 13.1. The minimum Gasteiger partial charge on any atom is -0.497 e. The fourth-order valence-corrected chi connectivity index (χ4v) is 3.07. The van der Waals surface area contributed by atoms with Gasteiger partial charge in [-0.25, -0.2) is 4.98 Å². The molecule has 0 unspecified atom stereocenters. The van der Waals surface area contributed by atoms with Gasteiger partial charge in [-0.2, -0.15) is 0 Å². The predicted octanol–water partition coefficient (Wildman–Crippen LogP) is 2.67. The van der Waals surface area contributed by atoms with E-state index in [2.05, 4.69) is 20.4 Å². The second-order valence-corrected chi connectivity index (χ2v) is 6.44. The van der Waals surface area contributed by atoms with E-state index in [1.807, 2.05) is 43.4 Å². The quantitative estimate of drug-likeness (QED) is 0.750. The first kappa shape index (κ1) is 17.1. The molecule has 1 aliphatic heterocycles. The fraction of sp³-hybridized carbons (Fsp3) is 0.250. The lowest BCUT2D eigenvalue weighted by Crippen LogP contribution is -2.24. The average molecular weight is 364 g/mol. The molecule has 7 nitrogen and oxygen atoms in total. The van der Waals surface area contributed by atoms with E-state index in [4.69, 9.17) is 9.26 Å². The number of rotatable bonds is 5. The maximum atomic E-state index is 12.4. The molecule has 1 aromatic carbocycles. The van der Waals surface area contributed by atoms with Crippen LogP contribution in [0.1, 0.15) is 21.7 Å². The second-order valence-electron chi connectivity index (χ2n) is 6.44. The molecule has 0 bridgehead atoms. The van der Waals surface area contributed by atoms with Crippen LogP contribution in [-0.4, -0.2) is 36.8 Å². The highest BCUT2D eigenvalue weighted by atomic mass is 16.5. The number of fused-ring (bicyclic) bond motifs is 1. The molecular weight excluding hydrogens is 344 g/mol. The number of pyridine rings is 1. The van der Waals surface area contributed by atoms with Gasteiger partial charge < -0.3 is 19.5 Å². The number of benzene rings is 1. The average Bonchev–Trinajstić information content (AvgIpc) is 3.33. The zero-order chi connectivity index (χ0) is 18.8. The van der Waals surface area contributed by atoms with Gasteiger partial charge in [-0.05, 0) is 42.3 Å². The van der Waals surface area contributed by atoms with Gasteiger partial charge in [-0.15, -0.1) is 0 Å². The van der Waals surface area contributed by atoms with Crippen LogP contribution in [0.3, 0.4) is 0 Å². The van der Waals surface area contributed by atoms with Crippen molar-refractivity contribution in [2.24, 2.45) is 0 Å². The Balaban J connectivity index is 1.41. The molecular formula is C20H20N4O3. The number of carbonyl (C=O) groups is 1. The zero-order valence-electron chi connectivity index (χ0n) is 15.2. The molecule has 0 saturated heterocycles. The Labute approximate surface area is 156 Å². The molecule has 0 fully saturated rings. The monoisotopic (exact) mass is 364 g/mol. The third-order valence-corrected chi connectivity index (χ3v) is 4.63. The largest absolute Gasteiger partial charge is 0.497 e. The van der Waals surface area contributed by atoms with E-state index < -0.39 is 0 Å². The minimum atomic E-state index is -0.230. The number of methoxy groups -OCH3 is 1. The number of aromatic nitrogens is 2. The highest BCUT2D eigenvalue weighted by Crippen LogP contribution is 2.25. The molecule has 1 amide bonds. The highest BCUT2D eigenvalue weighted by molar-refractivity contribution is 5.92. The van der Waals surface area contributed by atoms with Crippen LogP contribution in [0, 0.1) is 0 Å². The van der Waals surface area contributed by atoms with Crippen molar-refractivity contribution >= 4 is 11.7 Å². The third-order valence-electron chi connectivity index (χ3n) is 4.63. The lowest BCUT2D eigenvalue weighted by molar-refractivity contribution is 0.0945. The van der Waals surface area contributed by atoms with Crippen molar-refractivity contribution in [3.63, 3.8) is 0 Å². The first-order valence-electron chi connectivity index (χ1n) is 8.73. The van der Waals surface area contributed by atoms with Crippen LogP contribution < -0.4 is 15.0 Å². The van der Waals surface area contributed by atoms with E-state index in [1.54, 1.807) is 13.2 Å². The Morgan fingerprint density at radius 2 is 2.07 bits per heavy atom. The smallest absolute Gasteiger partial charge is 0.270 e. The van der Waals surface area contributed by atoms with Crippen molar-refractivity contribution in [3.05, 3.63) is 59.4 Å². The molecule has 0 spiro atoms. The molecule has 1 aliphatic rings. The molecule has 7 heteroatoms.